The summed E-state index contributed by atoms with van der Waals surface area (Å²) in [6.07, 6.45) is 6.59. The fourth-order valence-electron chi connectivity index (χ4n) is 4.26. The molecular weight excluding hydrogens is 380 g/mol. The summed E-state index contributed by atoms with van der Waals surface area (Å²) in [7, 11) is 0. The second-order valence-electron chi connectivity index (χ2n) is 7.71. The lowest BCUT2D eigenvalue weighted by molar-refractivity contribution is -0.384. The minimum atomic E-state index is -0.473. The largest absolute Gasteiger partial charge is 0.310 e. The number of nitro benzene ring substituents is 1. The van der Waals surface area contributed by atoms with Gasteiger partial charge in [0.1, 0.15) is 10.8 Å². The van der Waals surface area contributed by atoms with Crippen LogP contribution in [-0.2, 0) is 19.5 Å². The number of nitrogens with zero attached hydrogens (tertiary/aromatic N) is 3. The Bertz CT molecular complexity index is 953. The first-order valence-corrected chi connectivity index (χ1v) is 10.2. The van der Waals surface area contributed by atoms with Crippen molar-refractivity contribution in [3.63, 3.8) is 0 Å². The number of aromatic nitrogens is 2. The Morgan fingerprint density at radius 3 is 2.82 bits per heavy atom. The summed E-state index contributed by atoms with van der Waals surface area (Å²) in [6.45, 7) is 1.80. The molecule has 2 aliphatic rings. The first-order chi connectivity index (χ1) is 13.5. The Morgan fingerprint density at radius 1 is 1.29 bits per heavy atom. The van der Waals surface area contributed by atoms with E-state index in [-0.39, 0.29) is 16.3 Å². The molecule has 0 bridgehead atoms. The third-order valence-corrected chi connectivity index (χ3v) is 6.09. The van der Waals surface area contributed by atoms with Crippen LogP contribution in [0, 0.1) is 10.1 Å². The number of aromatic amines is 1. The summed E-state index contributed by atoms with van der Waals surface area (Å²) in [5.41, 5.74) is 2.30. The van der Waals surface area contributed by atoms with Gasteiger partial charge in [-0.1, -0.05) is 36.9 Å². The maximum Gasteiger partial charge on any atom is 0.288 e. The van der Waals surface area contributed by atoms with Crippen molar-refractivity contribution in [2.45, 2.75) is 57.5 Å². The minimum Gasteiger partial charge on any atom is -0.310 e. The van der Waals surface area contributed by atoms with Gasteiger partial charge in [-0.3, -0.25) is 19.8 Å². The molecule has 148 valence electrons. The molecular formula is C20H23ClN4O3. The normalized spacial score (nSPS) is 18.0. The predicted octanol–water partition coefficient (Wildman–Crippen LogP) is 3.94. The van der Waals surface area contributed by atoms with E-state index < -0.39 is 4.92 Å². The fourth-order valence-corrected chi connectivity index (χ4v) is 4.45. The van der Waals surface area contributed by atoms with Crippen LogP contribution in [0.2, 0.25) is 5.02 Å². The van der Waals surface area contributed by atoms with Crippen LogP contribution >= 0.6 is 11.6 Å². The first-order valence-electron chi connectivity index (χ1n) is 9.78. The Kier molecular flexibility index (Phi) is 5.46. The minimum absolute atomic E-state index is 0.0441. The zero-order valence-corrected chi connectivity index (χ0v) is 16.4. The van der Waals surface area contributed by atoms with E-state index in [4.69, 9.17) is 16.6 Å². The lowest BCUT2D eigenvalue weighted by Crippen LogP contribution is -2.36. The van der Waals surface area contributed by atoms with Crippen molar-refractivity contribution in [1.82, 2.24) is 14.9 Å². The van der Waals surface area contributed by atoms with Gasteiger partial charge < -0.3 is 4.98 Å². The first kappa shape index (κ1) is 19.1. The highest BCUT2D eigenvalue weighted by atomic mass is 35.5. The lowest BCUT2D eigenvalue weighted by Gasteiger charge is -2.29. The van der Waals surface area contributed by atoms with Crippen LogP contribution in [0.4, 0.5) is 5.69 Å². The highest BCUT2D eigenvalue weighted by Gasteiger charge is 2.25. The van der Waals surface area contributed by atoms with E-state index in [1.165, 1.54) is 25.3 Å². The van der Waals surface area contributed by atoms with Gasteiger partial charge in [0.2, 0.25) is 0 Å². The van der Waals surface area contributed by atoms with Crippen LogP contribution in [0.25, 0.3) is 0 Å². The number of benzene rings is 1. The average Bonchev–Trinajstić information content (AvgIpc) is 2.70. The smallest absolute Gasteiger partial charge is 0.288 e. The molecule has 1 aliphatic carbocycles. The quantitative estimate of drug-likeness (QED) is 0.617. The van der Waals surface area contributed by atoms with Crippen molar-refractivity contribution in [3.05, 3.63) is 66.3 Å². The Morgan fingerprint density at radius 2 is 2.07 bits per heavy atom. The molecule has 0 amide bonds. The zero-order valence-electron chi connectivity index (χ0n) is 15.6. The number of hydrogen-bond donors (Lipinski definition) is 1. The second kappa shape index (κ2) is 8.01. The van der Waals surface area contributed by atoms with Crippen LogP contribution in [-0.4, -0.2) is 26.3 Å². The van der Waals surface area contributed by atoms with Gasteiger partial charge in [-0.05, 0) is 24.5 Å². The van der Waals surface area contributed by atoms with Crippen molar-refractivity contribution >= 4 is 17.3 Å². The van der Waals surface area contributed by atoms with Crippen molar-refractivity contribution in [2.75, 3.05) is 6.54 Å². The van der Waals surface area contributed by atoms with E-state index in [9.17, 15) is 14.9 Å². The number of fused-ring (bicyclic) bond motifs is 1. The molecule has 1 aromatic carbocycles. The van der Waals surface area contributed by atoms with Crippen molar-refractivity contribution < 1.29 is 4.92 Å². The summed E-state index contributed by atoms with van der Waals surface area (Å²) in [4.78, 5) is 33.2. The number of rotatable bonds is 4. The Balaban J connectivity index is 1.51. The summed E-state index contributed by atoms with van der Waals surface area (Å²) < 4.78 is 0. The maximum atomic E-state index is 12.7. The van der Waals surface area contributed by atoms with E-state index in [0.717, 1.165) is 36.5 Å². The highest BCUT2D eigenvalue weighted by Crippen LogP contribution is 2.31. The number of H-pyrrole nitrogens is 1. The third kappa shape index (κ3) is 3.95. The summed E-state index contributed by atoms with van der Waals surface area (Å²) in [5.74, 6) is 1.23. The maximum absolute atomic E-state index is 12.7. The Labute approximate surface area is 167 Å². The van der Waals surface area contributed by atoms with Gasteiger partial charge in [-0.25, -0.2) is 4.98 Å². The number of nitrogens with one attached hydrogen (secondary N) is 1. The average molecular weight is 403 g/mol. The molecule has 8 heteroatoms. The van der Waals surface area contributed by atoms with E-state index in [0.29, 0.717) is 31.0 Å². The van der Waals surface area contributed by atoms with Crippen LogP contribution in [0.5, 0.6) is 0 Å². The van der Waals surface area contributed by atoms with Crippen LogP contribution in [0.3, 0.4) is 0 Å². The van der Waals surface area contributed by atoms with Gasteiger partial charge in [0.15, 0.2) is 0 Å². The second-order valence-corrected chi connectivity index (χ2v) is 8.12. The van der Waals surface area contributed by atoms with E-state index in [2.05, 4.69) is 9.88 Å². The van der Waals surface area contributed by atoms with Crippen LogP contribution in [0.15, 0.2) is 23.0 Å². The van der Waals surface area contributed by atoms with E-state index in [1.807, 2.05) is 0 Å². The molecule has 0 atom stereocenters. The molecule has 1 saturated carbocycles. The molecule has 1 aromatic heterocycles. The van der Waals surface area contributed by atoms with Crippen molar-refractivity contribution in [2.24, 2.45) is 0 Å². The summed E-state index contributed by atoms with van der Waals surface area (Å²) in [5, 5.41) is 11.2. The molecule has 0 unspecified atom stereocenters. The molecule has 0 radical (unpaired) electrons. The van der Waals surface area contributed by atoms with Gasteiger partial charge in [-0.2, -0.15) is 0 Å². The SMILES string of the molecule is O=c1[nH]c(C2CCCCC2)nc2c1CN(Cc1ccc(Cl)c([N+](=O)[O-])c1)CC2. The Hall–Kier alpha value is -2.25. The molecule has 7 nitrogen and oxygen atoms in total. The molecule has 0 spiro atoms. The monoisotopic (exact) mass is 402 g/mol. The van der Waals surface area contributed by atoms with Gasteiger partial charge >= 0.3 is 0 Å². The third-order valence-electron chi connectivity index (χ3n) is 5.77. The van der Waals surface area contributed by atoms with E-state index in [1.54, 1.807) is 12.1 Å². The molecule has 2 heterocycles. The van der Waals surface area contributed by atoms with Gasteiger partial charge in [0, 0.05) is 38.0 Å². The van der Waals surface area contributed by atoms with Crippen molar-refractivity contribution in [1.29, 1.82) is 0 Å². The molecule has 2 aromatic rings. The molecule has 4 rings (SSSR count). The van der Waals surface area contributed by atoms with Gasteiger partial charge in [-0.15, -0.1) is 0 Å². The summed E-state index contributed by atoms with van der Waals surface area (Å²) >= 11 is 5.89. The molecule has 28 heavy (non-hydrogen) atoms. The topological polar surface area (TPSA) is 92.1 Å². The summed E-state index contributed by atoms with van der Waals surface area (Å²) in [6, 6.07) is 4.85. The van der Waals surface area contributed by atoms with Gasteiger partial charge in [0.25, 0.3) is 11.2 Å². The van der Waals surface area contributed by atoms with E-state index >= 15 is 0 Å². The van der Waals surface area contributed by atoms with Crippen LogP contribution in [0.1, 0.15) is 60.7 Å². The standard InChI is InChI=1S/C20H23ClN4O3/c21-16-7-6-13(10-18(16)25(27)28)11-24-9-8-17-15(12-24)20(26)23-19(22-17)14-4-2-1-3-5-14/h6-7,10,14H,1-5,8-9,11-12H2,(H,22,23,26). The molecule has 1 N–H and O–H groups in total. The lowest BCUT2D eigenvalue weighted by atomic mass is 9.88. The number of nitro groups is 1. The van der Waals surface area contributed by atoms with Crippen molar-refractivity contribution in [3.8, 4) is 0 Å². The highest BCUT2D eigenvalue weighted by molar-refractivity contribution is 6.32. The number of hydrogen-bond acceptors (Lipinski definition) is 5. The number of halogens is 1. The molecule has 0 saturated heterocycles. The zero-order chi connectivity index (χ0) is 19.7. The molecule has 1 aliphatic heterocycles. The fraction of sp³-hybridized carbons (Fsp3) is 0.500. The van der Waals surface area contributed by atoms with Crippen LogP contribution < -0.4 is 5.56 Å². The molecule has 1 fully saturated rings. The van der Waals surface area contributed by atoms with Gasteiger partial charge in [0.05, 0.1) is 16.2 Å². The predicted molar refractivity (Wildman–Crippen MR) is 107 cm³/mol.